The molecule has 6 heteroatoms. The van der Waals surface area contributed by atoms with Crippen LogP contribution in [-0.2, 0) is 11.2 Å². The number of amides is 1. The van der Waals surface area contributed by atoms with Crippen molar-refractivity contribution >= 4 is 23.2 Å². The normalized spacial score (nSPS) is 12.2. The maximum Gasteiger partial charge on any atom is 0.308 e. The number of thiazole rings is 1. The summed E-state index contributed by atoms with van der Waals surface area (Å²) in [6.07, 6.45) is 0.796. The maximum absolute atomic E-state index is 11.8. The average molecular weight is 256 g/mol. The van der Waals surface area contributed by atoms with Crippen LogP contribution in [0.2, 0.25) is 0 Å². The molecule has 0 aliphatic rings. The monoisotopic (exact) mass is 256 g/mol. The van der Waals surface area contributed by atoms with E-state index in [0.29, 0.717) is 10.6 Å². The van der Waals surface area contributed by atoms with E-state index < -0.39 is 11.9 Å². The van der Waals surface area contributed by atoms with Gasteiger partial charge in [0.15, 0.2) is 0 Å². The number of hydrogen-bond acceptors (Lipinski definition) is 4. The van der Waals surface area contributed by atoms with Crippen LogP contribution in [-0.4, -0.2) is 28.5 Å². The number of carbonyl (C=O) groups excluding carboxylic acids is 1. The molecule has 1 heterocycles. The van der Waals surface area contributed by atoms with Crippen molar-refractivity contribution < 1.29 is 14.7 Å². The molecule has 0 radical (unpaired) electrons. The molecule has 0 fully saturated rings. The third kappa shape index (κ3) is 3.52. The second kappa shape index (κ2) is 5.77. The molecular weight excluding hydrogens is 240 g/mol. The summed E-state index contributed by atoms with van der Waals surface area (Å²) in [5.41, 5.74) is 0.701. The fraction of sp³-hybridized carbons (Fsp3) is 0.545. The summed E-state index contributed by atoms with van der Waals surface area (Å²) in [5, 5.41) is 12.2. The number of aryl methyl sites for hydroxylation is 2. The van der Waals surface area contributed by atoms with E-state index in [-0.39, 0.29) is 12.5 Å². The molecule has 94 valence electrons. The zero-order valence-electron chi connectivity index (χ0n) is 10.1. The molecule has 0 spiro atoms. The van der Waals surface area contributed by atoms with Gasteiger partial charge in [-0.25, -0.2) is 4.98 Å². The summed E-state index contributed by atoms with van der Waals surface area (Å²) in [7, 11) is 0. The molecule has 17 heavy (non-hydrogen) atoms. The molecule has 0 bridgehead atoms. The van der Waals surface area contributed by atoms with Crippen LogP contribution in [0.25, 0.3) is 0 Å². The summed E-state index contributed by atoms with van der Waals surface area (Å²) in [5.74, 6) is -1.74. The van der Waals surface area contributed by atoms with Crippen molar-refractivity contribution in [1.29, 1.82) is 0 Å². The van der Waals surface area contributed by atoms with Crippen molar-refractivity contribution in [2.45, 2.75) is 27.2 Å². The highest BCUT2D eigenvalue weighted by Crippen LogP contribution is 2.18. The van der Waals surface area contributed by atoms with Gasteiger partial charge in [0, 0.05) is 6.54 Å². The fourth-order valence-corrected chi connectivity index (χ4v) is 2.15. The predicted molar refractivity (Wildman–Crippen MR) is 65.4 cm³/mol. The van der Waals surface area contributed by atoms with Crippen molar-refractivity contribution in [2.75, 3.05) is 6.54 Å². The third-order valence-corrected chi connectivity index (χ3v) is 3.64. The Hall–Kier alpha value is -1.43. The minimum atomic E-state index is -0.916. The van der Waals surface area contributed by atoms with E-state index >= 15 is 0 Å². The molecule has 1 amide bonds. The average Bonchev–Trinajstić information content (AvgIpc) is 2.66. The summed E-state index contributed by atoms with van der Waals surface area (Å²) < 4.78 is 0. The lowest BCUT2D eigenvalue weighted by molar-refractivity contribution is -0.140. The molecule has 5 nitrogen and oxygen atoms in total. The van der Waals surface area contributed by atoms with Gasteiger partial charge in [0.25, 0.3) is 5.91 Å². The van der Waals surface area contributed by atoms with Gasteiger partial charge in [-0.2, -0.15) is 0 Å². The molecular formula is C11H16N2O3S. The Balaban J connectivity index is 2.63. The number of nitrogens with zero attached hydrogens (tertiary/aromatic N) is 1. The number of nitrogens with one attached hydrogen (secondary N) is 1. The number of carboxylic acids is 1. The standard InChI is InChI=1S/C11H16N2O3S/c1-4-8-13-7(3)9(17-8)10(14)12-5-6(2)11(15)16/h6H,4-5H2,1-3H3,(H,12,14)(H,15,16). The van der Waals surface area contributed by atoms with E-state index in [9.17, 15) is 9.59 Å². The van der Waals surface area contributed by atoms with Crippen LogP contribution in [0.5, 0.6) is 0 Å². The molecule has 1 aromatic rings. The highest BCUT2D eigenvalue weighted by Gasteiger charge is 2.17. The molecule has 0 saturated heterocycles. The van der Waals surface area contributed by atoms with E-state index in [2.05, 4.69) is 10.3 Å². The Morgan fingerprint density at radius 1 is 1.53 bits per heavy atom. The molecule has 0 aliphatic heterocycles. The lowest BCUT2D eigenvalue weighted by atomic mass is 10.2. The van der Waals surface area contributed by atoms with Gasteiger partial charge in [0.1, 0.15) is 4.88 Å². The van der Waals surface area contributed by atoms with E-state index in [0.717, 1.165) is 11.4 Å². The lowest BCUT2D eigenvalue weighted by Crippen LogP contribution is -2.31. The van der Waals surface area contributed by atoms with Gasteiger partial charge in [0.05, 0.1) is 16.6 Å². The summed E-state index contributed by atoms with van der Waals surface area (Å²) in [6, 6.07) is 0. The first-order chi connectivity index (χ1) is 7.95. The molecule has 1 atom stereocenters. The van der Waals surface area contributed by atoms with E-state index in [1.807, 2.05) is 6.92 Å². The van der Waals surface area contributed by atoms with Crippen molar-refractivity contribution in [3.8, 4) is 0 Å². The Labute approximate surface area is 104 Å². The number of aromatic nitrogens is 1. The van der Waals surface area contributed by atoms with E-state index in [4.69, 9.17) is 5.11 Å². The van der Waals surface area contributed by atoms with Gasteiger partial charge < -0.3 is 10.4 Å². The lowest BCUT2D eigenvalue weighted by Gasteiger charge is -2.07. The van der Waals surface area contributed by atoms with Gasteiger partial charge in [0.2, 0.25) is 0 Å². The SMILES string of the molecule is CCc1nc(C)c(C(=O)NCC(C)C(=O)O)s1. The summed E-state index contributed by atoms with van der Waals surface area (Å²) in [6.45, 7) is 5.45. The Morgan fingerprint density at radius 3 is 2.65 bits per heavy atom. The van der Waals surface area contributed by atoms with Gasteiger partial charge >= 0.3 is 5.97 Å². The quantitative estimate of drug-likeness (QED) is 0.836. The van der Waals surface area contributed by atoms with Gasteiger partial charge in [-0.05, 0) is 13.3 Å². The van der Waals surface area contributed by atoms with Crippen LogP contribution in [0.1, 0.15) is 34.2 Å². The van der Waals surface area contributed by atoms with Crippen LogP contribution >= 0.6 is 11.3 Å². The van der Waals surface area contributed by atoms with E-state index in [1.165, 1.54) is 11.3 Å². The first-order valence-corrected chi connectivity index (χ1v) is 6.24. The number of hydrogen-bond donors (Lipinski definition) is 2. The smallest absolute Gasteiger partial charge is 0.308 e. The molecule has 1 aromatic heterocycles. The minimum absolute atomic E-state index is 0.132. The largest absolute Gasteiger partial charge is 0.481 e. The van der Waals surface area contributed by atoms with Crippen molar-refractivity contribution in [1.82, 2.24) is 10.3 Å². The Bertz CT molecular complexity index is 428. The second-order valence-electron chi connectivity index (χ2n) is 3.83. The van der Waals surface area contributed by atoms with Crippen LogP contribution in [0.15, 0.2) is 0 Å². The molecule has 0 aliphatic carbocycles. The summed E-state index contributed by atoms with van der Waals surface area (Å²) in [4.78, 5) is 27.2. The fourth-order valence-electron chi connectivity index (χ4n) is 1.23. The second-order valence-corrected chi connectivity index (χ2v) is 4.91. The highest BCUT2D eigenvalue weighted by atomic mass is 32.1. The summed E-state index contributed by atoms with van der Waals surface area (Å²) >= 11 is 1.36. The first-order valence-electron chi connectivity index (χ1n) is 5.43. The van der Waals surface area contributed by atoms with Gasteiger partial charge in [-0.3, -0.25) is 9.59 Å². The molecule has 0 saturated carbocycles. The third-order valence-electron chi connectivity index (χ3n) is 2.34. The maximum atomic E-state index is 11.8. The van der Waals surface area contributed by atoms with Gasteiger partial charge in [-0.1, -0.05) is 13.8 Å². The van der Waals surface area contributed by atoms with Gasteiger partial charge in [-0.15, -0.1) is 11.3 Å². The van der Waals surface area contributed by atoms with Crippen LogP contribution in [0, 0.1) is 12.8 Å². The minimum Gasteiger partial charge on any atom is -0.481 e. The number of rotatable bonds is 5. The topological polar surface area (TPSA) is 79.3 Å². The van der Waals surface area contributed by atoms with Crippen LogP contribution in [0.3, 0.4) is 0 Å². The zero-order valence-corrected chi connectivity index (χ0v) is 10.9. The first kappa shape index (κ1) is 13.6. The predicted octanol–water partition coefficient (Wildman–Crippen LogP) is 1.46. The molecule has 0 aromatic carbocycles. The number of carboxylic acid groups (broad SMARTS) is 1. The van der Waals surface area contributed by atoms with Crippen LogP contribution < -0.4 is 5.32 Å². The van der Waals surface area contributed by atoms with Crippen molar-refractivity contribution in [3.63, 3.8) is 0 Å². The Kier molecular flexibility index (Phi) is 4.62. The number of aliphatic carboxylic acids is 1. The molecule has 1 rings (SSSR count). The number of carbonyl (C=O) groups is 2. The molecule has 2 N–H and O–H groups in total. The molecule has 1 unspecified atom stereocenters. The van der Waals surface area contributed by atoms with Crippen LogP contribution in [0.4, 0.5) is 0 Å². The highest BCUT2D eigenvalue weighted by molar-refractivity contribution is 7.13. The van der Waals surface area contributed by atoms with E-state index in [1.54, 1.807) is 13.8 Å². The Morgan fingerprint density at radius 2 is 2.18 bits per heavy atom. The van der Waals surface area contributed by atoms with Crippen molar-refractivity contribution in [3.05, 3.63) is 15.6 Å². The zero-order chi connectivity index (χ0) is 13.0. The van der Waals surface area contributed by atoms with Crippen molar-refractivity contribution in [2.24, 2.45) is 5.92 Å².